The van der Waals surface area contributed by atoms with Crippen LogP contribution in [0.2, 0.25) is 0 Å². The van der Waals surface area contributed by atoms with Gasteiger partial charge in [0.1, 0.15) is 17.7 Å². The molecule has 3 rings (SSSR count). The molecule has 21 heavy (non-hydrogen) atoms. The van der Waals surface area contributed by atoms with Gasteiger partial charge in [0.2, 0.25) is 0 Å². The summed E-state index contributed by atoms with van der Waals surface area (Å²) in [6, 6.07) is 5.76. The lowest BCUT2D eigenvalue weighted by Gasteiger charge is -2.15. The molecule has 5 nitrogen and oxygen atoms in total. The van der Waals surface area contributed by atoms with Gasteiger partial charge in [-0.15, -0.1) is 0 Å². The van der Waals surface area contributed by atoms with E-state index in [-0.39, 0.29) is 0 Å². The molecule has 0 aliphatic carbocycles. The number of aromatic nitrogens is 3. The topological polar surface area (TPSA) is 65.7 Å². The maximum absolute atomic E-state index is 8.82. The molecule has 1 aliphatic rings. The Balaban J connectivity index is 1.79. The molecule has 0 radical (unpaired) electrons. The smallest absolute Gasteiger partial charge is 0.129 e. The third-order valence-electron chi connectivity index (χ3n) is 3.50. The lowest BCUT2D eigenvalue weighted by atomic mass is 10.1. The van der Waals surface area contributed by atoms with Crippen molar-refractivity contribution in [3.8, 4) is 6.07 Å². The third kappa shape index (κ3) is 2.84. The predicted octanol–water partition coefficient (Wildman–Crippen LogP) is 2.46. The first-order chi connectivity index (χ1) is 10.2. The predicted molar refractivity (Wildman–Crippen MR) is 79.4 cm³/mol. The Morgan fingerprint density at radius 3 is 2.76 bits per heavy atom. The van der Waals surface area contributed by atoms with Crippen molar-refractivity contribution in [3.63, 3.8) is 0 Å². The second-order valence-electron chi connectivity index (χ2n) is 5.73. The highest BCUT2D eigenvalue weighted by molar-refractivity contribution is 5.46. The average molecular weight is 279 g/mol. The maximum Gasteiger partial charge on any atom is 0.129 e. The summed E-state index contributed by atoms with van der Waals surface area (Å²) < 4.78 is 0. The second-order valence-corrected chi connectivity index (χ2v) is 5.73. The Labute approximate surface area is 124 Å². The zero-order chi connectivity index (χ0) is 14.8. The van der Waals surface area contributed by atoms with E-state index in [2.05, 4.69) is 39.8 Å². The number of hydrogen-bond acceptors (Lipinski definition) is 5. The Morgan fingerprint density at radius 1 is 1.24 bits per heavy atom. The molecular weight excluding hydrogens is 262 g/mol. The maximum atomic E-state index is 8.82. The van der Waals surface area contributed by atoms with E-state index in [9.17, 15) is 0 Å². The van der Waals surface area contributed by atoms with E-state index in [1.165, 1.54) is 0 Å². The van der Waals surface area contributed by atoms with Crippen LogP contribution in [0.25, 0.3) is 0 Å². The molecule has 0 saturated carbocycles. The van der Waals surface area contributed by atoms with Crippen LogP contribution in [-0.2, 0) is 19.5 Å². The summed E-state index contributed by atoms with van der Waals surface area (Å²) in [6.07, 6.45) is 4.44. The first-order valence-electron chi connectivity index (χ1n) is 7.10. The fraction of sp³-hybridized carbons (Fsp3) is 0.375. The van der Waals surface area contributed by atoms with Crippen molar-refractivity contribution in [1.82, 2.24) is 15.0 Å². The zero-order valence-electron chi connectivity index (χ0n) is 12.2. The van der Waals surface area contributed by atoms with E-state index in [1.807, 2.05) is 12.3 Å². The van der Waals surface area contributed by atoms with Gasteiger partial charge in [-0.3, -0.25) is 0 Å². The number of nitrogens with zero attached hydrogens (tertiary/aromatic N) is 5. The first-order valence-corrected chi connectivity index (χ1v) is 7.10. The van der Waals surface area contributed by atoms with E-state index >= 15 is 0 Å². The van der Waals surface area contributed by atoms with Crippen LogP contribution in [0.3, 0.4) is 0 Å². The molecule has 106 valence electrons. The SMILES string of the molecule is CC(C)Cc1ncc2c(n1)CN(c1ccc(C#N)cn1)C2. The van der Waals surface area contributed by atoms with Crippen LogP contribution in [0.5, 0.6) is 0 Å². The zero-order valence-corrected chi connectivity index (χ0v) is 12.2. The quantitative estimate of drug-likeness (QED) is 0.863. The van der Waals surface area contributed by atoms with Crippen molar-refractivity contribution in [2.75, 3.05) is 4.90 Å². The summed E-state index contributed by atoms with van der Waals surface area (Å²) in [7, 11) is 0. The molecule has 0 atom stereocenters. The molecule has 2 aromatic heterocycles. The van der Waals surface area contributed by atoms with Crippen LogP contribution in [0.15, 0.2) is 24.5 Å². The summed E-state index contributed by atoms with van der Waals surface area (Å²) in [4.78, 5) is 15.6. The van der Waals surface area contributed by atoms with Crippen LogP contribution in [0.1, 0.15) is 36.5 Å². The second kappa shape index (κ2) is 5.49. The third-order valence-corrected chi connectivity index (χ3v) is 3.50. The van der Waals surface area contributed by atoms with Gasteiger partial charge in [-0.25, -0.2) is 15.0 Å². The van der Waals surface area contributed by atoms with Gasteiger partial charge in [-0.2, -0.15) is 5.26 Å². The van der Waals surface area contributed by atoms with E-state index in [0.29, 0.717) is 11.5 Å². The van der Waals surface area contributed by atoms with Crippen molar-refractivity contribution in [1.29, 1.82) is 5.26 Å². The van der Waals surface area contributed by atoms with Crippen LogP contribution in [-0.4, -0.2) is 15.0 Å². The minimum Gasteiger partial charge on any atom is -0.346 e. The van der Waals surface area contributed by atoms with Gasteiger partial charge >= 0.3 is 0 Å². The molecule has 0 aromatic carbocycles. The van der Waals surface area contributed by atoms with Crippen LogP contribution < -0.4 is 4.90 Å². The van der Waals surface area contributed by atoms with Gasteiger partial charge in [0.15, 0.2) is 0 Å². The summed E-state index contributed by atoms with van der Waals surface area (Å²) in [5, 5.41) is 8.82. The fourth-order valence-corrected chi connectivity index (χ4v) is 2.46. The van der Waals surface area contributed by atoms with Crippen LogP contribution in [0.4, 0.5) is 5.82 Å². The molecule has 2 aromatic rings. The molecule has 0 amide bonds. The molecule has 5 heteroatoms. The van der Waals surface area contributed by atoms with Gasteiger partial charge in [0.05, 0.1) is 17.8 Å². The summed E-state index contributed by atoms with van der Waals surface area (Å²) in [5.41, 5.74) is 2.83. The Kier molecular flexibility index (Phi) is 3.53. The number of pyridine rings is 1. The average Bonchev–Trinajstić information content (AvgIpc) is 2.90. The Hall–Kier alpha value is -2.48. The molecule has 3 heterocycles. The van der Waals surface area contributed by atoms with Crippen molar-refractivity contribution in [2.45, 2.75) is 33.4 Å². The van der Waals surface area contributed by atoms with Crippen molar-refractivity contribution >= 4 is 5.82 Å². The van der Waals surface area contributed by atoms with E-state index < -0.39 is 0 Å². The number of rotatable bonds is 3. The molecule has 0 N–H and O–H groups in total. The first kappa shape index (κ1) is 13.5. The lowest BCUT2D eigenvalue weighted by molar-refractivity contribution is 0.617. The minimum absolute atomic E-state index is 0.556. The summed E-state index contributed by atoms with van der Waals surface area (Å²) in [6.45, 7) is 5.87. The Morgan fingerprint density at radius 2 is 2.10 bits per heavy atom. The van der Waals surface area contributed by atoms with Crippen molar-refractivity contribution < 1.29 is 0 Å². The van der Waals surface area contributed by atoms with E-state index in [1.54, 1.807) is 12.3 Å². The Bertz CT molecular complexity index is 685. The van der Waals surface area contributed by atoms with Gasteiger partial charge in [0.25, 0.3) is 0 Å². The van der Waals surface area contributed by atoms with Crippen molar-refractivity contribution in [3.05, 3.63) is 47.2 Å². The van der Waals surface area contributed by atoms with Crippen LogP contribution >= 0.6 is 0 Å². The van der Waals surface area contributed by atoms with E-state index in [0.717, 1.165) is 42.4 Å². The lowest BCUT2D eigenvalue weighted by Crippen LogP contribution is -2.15. The molecular formula is C16H17N5. The number of nitriles is 1. The summed E-state index contributed by atoms with van der Waals surface area (Å²) >= 11 is 0. The fourth-order valence-electron chi connectivity index (χ4n) is 2.46. The highest BCUT2D eigenvalue weighted by Gasteiger charge is 2.22. The van der Waals surface area contributed by atoms with Gasteiger partial charge in [0, 0.05) is 30.9 Å². The van der Waals surface area contributed by atoms with Crippen molar-refractivity contribution in [2.24, 2.45) is 5.92 Å². The molecule has 0 spiro atoms. The standard InChI is InChI=1S/C16H17N5/c1-11(2)5-15-18-8-13-9-21(10-14(13)20-15)16-4-3-12(6-17)7-19-16/h3-4,7-8,11H,5,9-10H2,1-2H3. The highest BCUT2D eigenvalue weighted by Crippen LogP contribution is 2.25. The van der Waals surface area contributed by atoms with E-state index in [4.69, 9.17) is 5.26 Å². The van der Waals surface area contributed by atoms with Crippen LogP contribution in [0, 0.1) is 17.2 Å². The largest absolute Gasteiger partial charge is 0.346 e. The molecule has 0 unspecified atom stereocenters. The minimum atomic E-state index is 0.556. The van der Waals surface area contributed by atoms with Gasteiger partial charge in [-0.1, -0.05) is 13.8 Å². The molecule has 0 fully saturated rings. The molecule has 1 aliphatic heterocycles. The monoisotopic (exact) mass is 279 g/mol. The van der Waals surface area contributed by atoms with Gasteiger partial charge < -0.3 is 4.90 Å². The normalized spacial score (nSPS) is 13.3. The summed E-state index contributed by atoms with van der Waals surface area (Å²) in [5.74, 6) is 2.34. The van der Waals surface area contributed by atoms with Gasteiger partial charge in [-0.05, 0) is 18.1 Å². The highest BCUT2D eigenvalue weighted by atomic mass is 15.2. The molecule has 0 saturated heterocycles. The number of anilines is 1. The molecule has 0 bridgehead atoms. The number of hydrogen-bond donors (Lipinski definition) is 0. The number of fused-ring (bicyclic) bond motifs is 1.